The number of nitrogens with one attached hydrogen (secondary N) is 1. The van der Waals surface area contributed by atoms with Crippen LogP contribution in [0, 0.1) is 0 Å². The van der Waals surface area contributed by atoms with E-state index in [1.54, 1.807) is 18.2 Å². The van der Waals surface area contributed by atoms with Crippen molar-refractivity contribution in [3.8, 4) is 5.75 Å². The molecule has 0 aromatic heterocycles. The normalized spacial score (nSPS) is 15.5. The van der Waals surface area contributed by atoms with Gasteiger partial charge in [-0.3, -0.25) is 4.79 Å². The molecule has 0 radical (unpaired) electrons. The summed E-state index contributed by atoms with van der Waals surface area (Å²) < 4.78 is 5.40. The third kappa shape index (κ3) is 4.63. The molecule has 0 saturated carbocycles. The number of rotatable bonds is 6. The second kappa shape index (κ2) is 7.69. The number of ether oxygens (including phenoxy) is 1. The number of halogens is 2. The van der Waals surface area contributed by atoms with Crippen LogP contribution in [0.2, 0.25) is 10.0 Å². The minimum atomic E-state index is -0.814. The standard InChI is InChI=1S/C15H17Cl2NO3/c16-12-6-3-7-13(14(12)17)21-9-11(19)8-18-15(20)10-4-1-2-5-10/h3-4,6-7,11,19H,1-2,5,8-9H2,(H,18,20). The van der Waals surface area contributed by atoms with Crippen molar-refractivity contribution in [3.05, 3.63) is 39.9 Å². The van der Waals surface area contributed by atoms with Crippen LogP contribution in [0.3, 0.4) is 0 Å². The van der Waals surface area contributed by atoms with Gasteiger partial charge in [-0.05, 0) is 31.4 Å². The minimum Gasteiger partial charge on any atom is -0.489 e. The molecular weight excluding hydrogens is 313 g/mol. The number of aliphatic hydroxyl groups excluding tert-OH is 1. The lowest BCUT2D eigenvalue weighted by atomic mass is 10.2. The zero-order chi connectivity index (χ0) is 15.2. The molecule has 0 saturated heterocycles. The fraction of sp³-hybridized carbons (Fsp3) is 0.400. The molecule has 1 aromatic carbocycles. The molecule has 1 aromatic rings. The fourth-order valence-corrected chi connectivity index (χ4v) is 2.39. The summed E-state index contributed by atoms with van der Waals surface area (Å²) in [6.45, 7) is 0.160. The number of amides is 1. The predicted octanol–water partition coefficient (Wildman–Crippen LogP) is 2.96. The second-order valence-corrected chi connectivity index (χ2v) is 5.63. The Kier molecular flexibility index (Phi) is 5.91. The molecule has 0 aliphatic heterocycles. The van der Waals surface area contributed by atoms with E-state index in [4.69, 9.17) is 27.9 Å². The van der Waals surface area contributed by atoms with Crippen molar-refractivity contribution < 1.29 is 14.6 Å². The van der Waals surface area contributed by atoms with Crippen LogP contribution in [0.5, 0.6) is 5.75 Å². The van der Waals surface area contributed by atoms with Crippen LogP contribution >= 0.6 is 23.2 Å². The molecule has 6 heteroatoms. The van der Waals surface area contributed by atoms with Crippen LogP contribution in [0.25, 0.3) is 0 Å². The lowest BCUT2D eigenvalue weighted by Crippen LogP contribution is -2.35. The molecule has 0 heterocycles. The molecule has 114 valence electrons. The summed E-state index contributed by atoms with van der Waals surface area (Å²) in [5.41, 5.74) is 0.793. The summed E-state index contributed by atoms with van der Waals surface area (Å²) in [7, 11) is 0. The Bertz CT molecular complexity index is 546. The summed E-state index contributed by atoms with van der Waals surface area (Å²) in [4.78, 5) is 11.8. The third-order valence-electron chi connectivity index (χ3n) is 3.18. The zero-order valence-electron chi connectivity index (χ0n) is 11.4. The van der Waals surface area contributed by atoms with Gasteiger partial charge >= 0.3 is 0 Å². The van der Waals surface area contributed by atoms with Crippen molar-refractivity contribution in [2.24, 2.45) is 0 Å². The first-order valence-electron chi connectivity index (χ1n) is 6.80. The van der Waals surface area contributed by atoms with Gasteiger partial charge in [0.15, 0.2) is 0 Å². The predicted molar refractivity (Wildman–Crippen MR) is 82.9 cm³/mol. The highest BCUT2D eigenvalue weighted by Crippen LogP contribution is 2.31. The number of allylic oxidation sites excluding steroid dienone is 1. The van der Waals surface area contributed by atoms with E-state index in [1.165, 1.54) is 0 Å². The highest BCUT2D eigenvalue weighted by Gasteiger charge is 2.15. The van der Waals surface area contributed by atoms with Gasteiger partial charge < -0.3 is 15.2 Å². The van der Waals surface area contributed by atoms with E-state index in [0.29, 0.717) is 15.8 Å². The van der Waals surface area contributed by atoms with Crippen molar-refractivity contribution >= 4 is 29.1 Å². The third-order valence-corrected chi connectivity index (χ3v) is 3.98. The minimum absolute atomic E-state index is 0.0272. The van der Waals surface area contributed by atoms with Crippen LogP contribution in [-0.2, 0) is 4.79 Å². The van der Waals surface area contributed by atoms with E-state index in [1.807, 2.05) is 6.08 Å². The van der Waals surface area contributed by atoms with Crippen LogP contribution < -0.4 is 10.1 Å². The van der Waals surface area contributed by atoms with E-state index >= 15 is 0 Å². The Hall–Kier alpha value is -1.23. The van der Waals surface area contributed by atoms with Gasteiger partial charge in [-0.15, -0.1) is 0 Å². The van der Waals surface area contributed by atoms with E-state index in [-0.39, 0.29) is 19.1 Å². The Morgan fingerprint density at radius 2 is 2.24 bits per heavy atom. The number of hydrogen-bond donors (Lipinski definition) is 2. The molecule has 0 spiro atoms. The summed E-state index contributed by atoms with van der Waals surface area (Å²) in [6.07, 6.45) is 3.88. The number of carbonyl (C=O) groups is 1. The van der Waals surface area contributed by atoms with Gasteiger partial charge in [0.25, 0.3) is 0 Å². The van der Waals surface area contributed by atoms with Gasteiger partial charge in [0, 0.05) is 12.1 Å². The van der Waals surface area contributed by atoms with Crippen LogP contribution in [0.15, 0.2) is 29.8 Å². The zero-order valence-corrected chi connectivity index (χ0v) is 13.0. The van der Waals surface area contributed by atoms with Gasteiger partial charge in [0.05, 0.1) is 5.02 Å². The Balaban J connectivity index is 1.75. The molecule has 0 fully saturated rings. The molecule has 2 rings (SSSR count). The Labute approximate surface area is 133 Å². The number of benzene rings is 1. The van der Waals surface area contributed by atoms with Crippen molar-refractivity contribution in [3.63, 3.8) is 0 Å². The molecule has 1 aliphatic rings. The molecule has 1 aliphatic carbocycles. The van der Waals surface area contributed by atoms with E-state index in [2.05, 4.69) is 5.32 Å². The van der Waals surface area contributed by atoms with Gasteiger partial charge in [0.2, 0.25) is 5.91 Å². The van der Waals surface area contributed by atoms with Crippen LogP contribution in [-0.4, -0.2) is 30.3 Å². The average Bonchev–Trinajstić information content (AvgIpc) is 3.00. The highest BCUT2D eigenvalue weighted by molar-refractivity contribution is 6.42. The van der Waals surface area contributed by atoms with E-state index < -0.39 is 6.10 Å². The van der Waals surface area contributed by atoms with Crippen molar-refractivity contribution in [2.45, 2.75) is 25.4 Å². The Morgan fingerprint density at radius 1 is 1.43 bits per heavy atom. The molecule has 4 nitrogen and oxygen atoms in total. The average molecular weight is 330 g/mol. The van der Waals surface area contributed by atoms with E-state index in [9.17, 15) is 9.90 Å². The van der Waals surface area contributed by atoms with Crippen LogP contribution in [0.1, 0.15) is 19.3 Å². The second-order valence-electron chi connectivity index (χ2n) is 4.85. The lowest BCUT2D eigenvalue weighted by Gasteiger charge is -2.14. The first-order chi connectivity index (χ1) is 10.1. The first-order valence-corrected chi connectivity index (χ1v) is 7.55. The largest absolute Gasteiger partial charge is 0.489 e. The fourth-order valence-electron chi connectivity index (χ4n) is 2.04. The van der Waals surface area contributed by atoms with Gasteiger partial charge in [-0.25, -0.2) is 0 Å². The number of aliphatic hydroxyl groups is 1. The van der Waals surface area contributed by atoms with Gasteiger partial charge in [0.1, 0.15) is 23.5 Å². The summed E-state index contributed by atoms with van der Waals surface area (Å²) >= 11 is 11.8. The highest BCUT2D eigenvalue weighted by atomic mass is 35.5. The van der Waals surface area contributed by atoms with Gasteiger partial charge in [-0.2, -0.15) is 0 Å². The molecule has 21 heavy (non-hydrogen) atoms. The molecule has 0 bridgehead atoms. The molecular formula is C15H17Cl2NO3. The molecule has 1 unspecified atom stereocenters. The summed E-state index contributed by atoms with van der Waals surface area (Å²) in [5.74, 6) is 0.292. The lowest BCUT2D eigenvalue weighted by molar-refractivity contribution is -0.118. The number of hydrogen-bond acceptors (Lipinski definition) is 3. The first kappa shape index (κ1) is 16.1. The maximum Gasteiger partial charge on any atom is 0.246 e. The molecule has 2 N–H and O–H groups in total. The maximum absolute atomic E-state index is 11.8. The van der Waals surface area contributed by atoms with Crippen LogP contribution in [0.4, 0.5) is 0 Å². The van der Waals surface area contributed by atoms with E-state index in [0.717, 1.165) is 24.8 Å². The molecule has 1 amide bonds. The summed E-state index contributed by atoms with van der Waals surface area (Å²) in [6, 6.07) is 5.04. The van der Waals surface area contributed by atoms with Crippen molar-refractivity contribution in [2.75, 3.05) is 13.2 Å². The monoisotopic (exact) mass is 329 g/mol. The molecule has 1 atom stereocenters. The van der Waals surface area contributed by atoms with Crippen molar-refractivity contribution in [1.82, 2.24) is 5.32 Å². The number of carbonyl (C=O) groups excluding carboxylic acids is 1. The Morgan fingerprint density at radius 3 is 2.95 bits per heavy atom. The maximum atomic E-state index is 11.8. The quantitative estimate of drug-likeness (QED) is 0.843. The topological polar surface area (TPSA) is 58.6 Å². The smallest absolute Gasteiger partial charge is 0.246 e. The SMILES string of the molecule is O=C(NCC(O)COc1cccc(Cl)c1Cl)C1=CCCC1. The van der Waals surface area contributed by atoms with Crippen molar-refractivity contribution in [1.29, 1.82) is 0 Å². The summed E-state index contributed by atoms with van der Waals surface area (Å²) in [5, 5.41) is 13.2. The van der Waals surface area contributed by atoms with Gasteiger partial charge in [-0.1, -0.05) is 35.3 Å².